The van der Waals surface area contributed by atoms with Crippen molar-refractivity contribution in [1.29, 1.82) is 0 Å². The molecule has 0 aliphatic heterocycles. The van der Waals surface area contributed by atoms with Crippen molar-refractivity contribution >= 4 is 23.2 Å². The number of anilines is 2. The van der Waals surface area contributed by atoms with E-state index < -0.39 is 23.7 Å². The second kappa shape index (κ2) is 11.2. The zero-order valence-electron chi connectivity index (χ0n) is 19.9. The van der Waals surface area contributed by atoms with Crippen molar-refractivity contribution in [3.63, 3.8) is 0 Å². The number of nitrogens with one attached hydrogen (secondary N) is 1. The molecule has 8 heteroatoms. The van der Waals surface area contributed by atoms with Crippen molar-refractivity contribution in [2.45, 2.75) is 19.9 Å². The molecule has 1 atom stereocenters. The molecule has 4 rings (SSSR count). The Hall–Kier alpha value is -4.59. The lowest BCUT2D eigenvalue weighted by Gasteiger charge is -2.31. The lowest BCUT2D eigenvalue weighted by atomic mass is 10.0. The average Bonchev–Trinajstić information content (AvgIpc) is 2.89. The maximum Gasteiger partial charge on any atom is 0.279 e. The molecule has 0 radical (unpaired) electrons. The minimum atomic E-state index is -1.08. The number of nitrogens with zero attached hydrogens (tertiary/aromatic N) is 3. The van der Waals surface area contributed by atoms with Crippen molar-refractivity contribution in [3.05, 3.63) is 114 Å². The van der Waals surface area contributed by atoms with Crippen LogP contribution in [0, 0.1) is 12.7 Å². The van der Waals surface area contributed by atoms with Crippen LogP contribution >= 0.6 is 0 Å². The molecule has 4 aromatic rings. The van der Waals surface area contributed by atoms with Crippen LogP contribution in [0.1, 0.15) is 34.6 Å². The highest BCUT2D eigenvalue weighted by molar-refractivity contribution is 6.11. The normalized spacial score (nSPS) is 11.4. The average molecular weight is 485 g/mol. The molecule has 2 amide bonds. The number of ether oxygens (including phenoxy) is 1. The molecule has 1 N–H and O–H groups in total. The third-order valence-electron chi connectivity index (χ3n) is 5.41. The number of carbonyl (C=O) groups is 2. The molecule has 3 aromatic carbocycles. The Kier molecular flexibility index (Phi) is 7.65. The second-order valence-electron chi connectivity index (χ2n) is 8.01. The quantitative estimate of drug-likeness (QED) is 0.365. The summed E-state index contributed by atoms with van der Waals surface area (Å²) in [4.78, 5) is 37.2. The summed E-state index contributed by atoms with van der Waals surface area (Å²) in [5.41, 5.74) is 2.46. The molecular weight excluding hydrogens is 459 g/mol. The number of hydrogen-bond acceptors (Lipinski definition) is 5. The molecule has 0 aliphatic rings. The van der Waals surface area contributed by atoms with Gasteiger partial charge in [-0.3, -0.25) is 19.5 Å². The van der Waals surface area contributed by atoms with Crippen LogP contribution in [-0.4, -0.2) is 28.4 Å². The van der Waals surface area contributed by atoms with E-state index in [0.29, 0.717) is 29.3 Å². The SMILES string of the molecule is CCOc1ccc([C@H](C(=O)Nc2ccc(F)cc2)N(C(=O)c2cnccn2)c2cccc(C)c2)cc1. The molecule has 0 spiro atoms. The fourth-order valence-electron chi connectivity index (χ4n) is 3.77. The van der Waals surface area contributed by atoms with Gasteiger partial charge in [0.25, 0.3) is 11.8 Å². The highest BCUT2D eigenvalue weighted by Gasteiger charge is 2.34. The van der Waals surface area contributed by atoms with E-state index in [1.54, 1.807) is 30.3 Å². The summed E-state index contributed by atoms with van der Waals surface area (Å²) in [6.07, 6.45) is 4.25. The number of hydrogen-bond donors (Lipinski definition) is 1. The van der Waals surface area contributed by atoms with Crippen molar-refractivity contribution in [3.8, 4) is 5.75 Å². The lowest BCUT2D eigenvalue weighted by molar-refractivity contribution is -0.117. The minimum Gasteiger partial charge on any atom is -0.494 e. The first-order valence-electron chi connectivity index (χ1n) is 11.4. The molecule has 1 heterocycles. The van der Waals surface area contributed by atoms with Gasteiger partial charge in [-0.2, -0.15) is 0 Å². The van der Waals surface area contributed by atoms with Gasteiger partial charge in [-0.25, -0.2) is 9.37 Å². The fraction of sp³-hybridized carbons (Fsp3) is 0.143. The number of benzene rings is 3. The fourth-order valence-corrected chi connectivity index (χ4v) is 3.77. The number of amides is 2. The minimum absolute atomic E-state index is 0.0875. The van der Waals surface area contributed by atoms with E-state index in [0.717, 1.165) is 5.56 Å². The van der Waals surface area contributed by atoms with Gasteiger partial charge in [0.15, 0.2) is 0 Å². The molecule has 182 valence electrons. The summed E-state index contributed by atoms with van der Waals surface area (Å²) in [6, 6.07) is 18.6. The molecule has 0 saturated carbocycles. The molecule has 36 heavy (non-hydrogen) atoms. The zero-order chi connectivity index (χ0) is 25.5. The Morgan fingerprint density at radius 3 is 2.42 bits per heavy atom. The number of aromatic nitrogens is 2. The molecule has 0 aliphatic carbocycles. The predicted molar refractivity (Wildman–Crippen MR) is 135 cm³/mol. The van der Waals surface area contributed by atoms with Gasteiger partial charge in [-0.05, 0) is 73.5 Å². The maximum absolute atomic E-state index is 13.8. The molecular formula is C28H25FN4O3. The van der Waals surface area contributed by atoms with Crippen LogP contribution in [0.15, 0.2) is 91.4 Å². The molecule has 0 unspecified atom stereocenters. The van der Waals surface area contributed by atoms with E-state index in [2.05, 4.69) is 15.3 Å². The van der Waals surface area contributed by atoms with Crippen LogP contribution in [0.2, 0.25) is 0 Å². The van der Waals surface area contributed by atoms with Crippen LogP contribution in [0.25, 0.3) is 0 Å². The Bertz CT molecular complexity index is 1330. The smallest absolute Gasteiger partial charge is 0.279 e. The summed E-state index contributed by atoms with van der Waals surface area (Å²) >= 11 is 0. The summed E-state index contributed by atoms with van der Waals surface area (Å²) in [7, 11) is 0. The van der Waals surface area contributed by atoms with E-state index in [4.69, 9.17) is 4.74 Å². The number of halogens is 1. The number of carbonyl (C=O) groups excluding carboxylic acids is 2. The van der Waals surface area contributed by atoms with Gasteiger partial charge in [0.05, 0.1) is 12.8 Å². The monoisotopic (exact) mass is 484 g/mol. The zero-order valence-corrected chi connectivity index (χ0v) is 19.9. The Labute approximate surface area is 208 Å². The van der Waals surface area contributed by atoms with Gasteiger partial charge < -0.3 is 10.1 Å². The maximum atomic E-state index is 13.8. The molecule has 0 saturated heterocycles. The molecule has 1 aromatic heterocycles. The third kappa shape index (κ3) is 5.72. The van der Waals surface area contributed by atoms with Crippen molar-refractivity contribution in [2.75, 3.05) is 16.8 Å². The van der Waals surface area contributed by atoms with E-state index in [9.17, 15) is 14.0 Å². The van der Waals surface area contributed by atoms with E-state index in [1.807, 2.05) is 32.0 Å². The van der Waals surface area contributed by atoms with Crippen LogP contribution in [0.4, 0.5) is 15.8 Å². The summed E-state index contributed by atoms with van der Waals surface area (Å²) in [5.74, 6) is -0.761. The van der Waals surface area contributed by atoms with Crippen molar-refractivity contribution < 1.29 is 18.7 Å². The first kappa shape index (κ1) is 24.5. The standard InChI is InChI=1S/C28H25FN4O3/c1-3-36-24-13-7-20(8-14-24)26(27(34)32-22-11-9-21(29)10-12-22)33(23-6-4-5-19(2)17-23)28(35)25-18-30-15-16-31-25/h4-18,26H,3H2,1-2H3,(H,32,34)/t26-/m1/s1. The highest BCUT2D eigenvalue weighted by atomic mass is 19.1. The van der Waals surface area contributed by atoms with Crippen LogP contribution in [0.3, 0.4) is 0 Å². The van der Waals surface area contributed by atoms with Gasteiger partial charge in [0.1, 0.15) is 23.3 Å². The predicted octanol–water partition coefficient (Wildman–Crippen LogP) is 5.35. The van der Waals surface area contributed by atoms with Gasteiger partial charge >= 0.3 is 0 Å². The topological polar surface area (TPSA) is 84.4 Å². The second-order valence-corrected chi connectivity index (χ2v) is 8.01. The van der Waals surface area contributed by atoms with Crippen molar-refractivity contribution in [2.24, 2.45) is 0 Å². The van der Waals surface area contributed by atoms with Crippen molar-refractivity contribution in [1.82, 2.24) is 9.97 Å². The van der Waals surface area contributed by atoms with Gasteiger partial charge in [0, 0.05) is 23.8 Å². The van der Waals surface area contributed by atoms with E-state index in [1.165, 1.54) is 47.8 Å². The van der Waals surface area contributed by atoms with Gasteiger partial charge in [0.2, 0.25) is 0 Å². The van der Waals surface area contributed by atoms with Gasteiger partial charge in [-0.15, -0.1) is 0 Å². The number of rotatable bonds is 8. The molecule has 0 fully saturated rings. The number of aryl methyl sites for hydroxylation is 1. The summed E-state index contributed by atoms with van der Waals surface area (Å²) in [5, 5.41) is 2.81. The molecule has 7 nitrogen and oxygen atoms in total. The largest absolute Gasteiger partial charge is 0.494 e. The Balaban J connectivity index is 1.83. The summed E-state index contributed by atoms with van der Waals surface area (Å²) < 4.78 is 19.0. The Morgan fingerprint density at radius 2 is 1.78 bits per heavy atom. The highest BCUT2D eigenvalue weighted by Crippen LogP contribution is 2.32. The third-order valence-corrected chi connectivity index (χ3v) is 5.41. The molecule has 0 bridgehead atoms. The lowest BCUT2D eigenvalue weighted by Crippen LogP contribution is -2.42. The van der Waals surface area contributed by atoms with Crippen LogP contribution in [-0.2, 0) is 4.79 Å². The van der Waals surface area contributed by atoms with Crippen LogP contribution < -0.4 is 15.0 Å². The first-order chi connectivity index (χ1) is 17.5. The van der Waals surface area contributed by atoms with Crippen LogP contribution in [0.5, 0.6) is 5.75 Å². The van der Waals surface area contributed by atoms with E-state index >= 15 is 0 Å². The summed E-state index contributed by atoms with van der Waals surface area (Å²) in [6.45, 7) is 4.28. The van der Waals surface area contributed by atoms with Gasteiger partial charge in [-0.1, -0.05) is 24.3 Å². The van der Waals surface area contributed by atoms with E-state index in [-0.39, 0.29) is 5.69 Å². The Morgan fingerprint density at radius 1 is 1.03 bits per heavy atom. The first-order valence-corrected chi connectivity index (χ1v) is 11.4.